The molecule has 0 heterocycles. The minimum Gasteiger partial charge on any atom is -0.0619 e. The first-order valence-corrected chi connectivity index (χ1v) is 7.48. The van der Waals surface area contributed by atoms with Crippen LogP contribution in [0, 0.1) is 0 Å². The largest absolute Gasteiger partial charge is 0.0619 e. The smallest absolute Gasteiger partial charge is 0.0158 e. The van der Waals surface area contributed by atoms with Crippen LogP contribution in [0.25, 0.3) is 22.3 Å². The zero-order valence-corrected chi connectivity index (χ0v) is 12.4. The van der Waals surface area contributed by atoms with Gasteiger partial charge in [0, 0.05) is 5.41 Å². The molecule has 0 aromatic heterocycles. The SMILES string of the molecule is CC1(C)c2ccccc2-c2ccccc2-c2ccccc21. The molecule has 0 N–H and O–H groups in total. The summed E-state index contributed by atoms with van der Waals surface area (Å²) in [5, 5.41) is 0. The van der Waals surface area contributed by atoms with E-state index in [1.165, 1.54) is 33.4 Å². The molecule has 0 bridgehead atoms. The van der Waals surface area contributed by atoms with E-state index in [4.69, 9.17) is 0 Å². The lowest BCUT2D eigenvalue weighted by molar-refractivity contribution is 0.646. The first-order valence-electron chi connectivity index (χ1n) is 7.48. The third kappa shape index (κ3) is 1.69. The van der Waals surface area contributed by atoms with Gasteiger partial charge in [0.25, 0.3) is 0 Å². The van der Waals surface area contributed by atoms with Crippen LogP contribution in [0.1, 0.15) is 25.0 Å². The van der Waals surface area contributed by atoms with Gasteiger partial charge in [0.2, 0.25) is 0 Å². The Balaban J connectivity index is 2.21. The Kier molecular flexibility index (Phi) is 2.56. The molecule has 1 aliphatic carbocycles. The Morgan fingerprint density at radius 2 is 0.810 bits per heavy atom. The Hall–Kier alpha value is -2.34. The number of hydrogen-bond acceptors (Lipinski definition) is 0. The molecule has 0 saturated heterocycles. The van der Waals surface area contributed by atoms with Crippen LogP contribution in [0.5, 0.6) is 0 Å². The molecule has 0 radical (unpaired) electrons. The van der Waals surface area contributed by atoms with Crippen molar-refractivity contribution in [2.75, 3.05) is 0 Å². The highest BCUT2D eigenvalue weighted by molar-refractivity contribution is 5.89. The molecule has 0 fully saturated rings. The van der Waals surface area contributed by atoms with Gasteiger partial charge in [-0.1, -0.05) is 86.6 Å². The van der Waals surface area contributed by atoms with E-state index in [1.54, 1.807) is 0 Å². The van der Waals surface area contributed by atoms with Crippen molar-refractivity contribution in [3.05, 3.63) is 83.9 Å². The summed E-state index contributed by atoms with van der Waals surface area (Å²) in [6.45, 7) is 4.66. The van der Waals surface area contributed by atoms with Crippen molar-refractivity contribution in [1.29, 1.82) is 0 Å². The molecular formula is C21H18. The van der Waals surface area contributed by atoms with Gasteiger partial charge in [0.1, 0.15) is 0 Å². The number of hydrogen-bond donors (Lipinski definition) is 0. The van der Waals surface area contributed by atoms with Crippen molar-refractivity contribution < 1.29 is 0 Å². The maximum Gasteiger partial charge on any atom is 0.0158 e. The Bertz CT molecular complexity index is 756. The van der Waals surface area contributed by atoms with Crippen LogP contribution in [-0.4, -0.2) is 0 Å². The maximum absolute atomic E-state index is 2.33. The molecular weight excluding hydrogens is 252 g/mol. The lowest BCUT2D eigenvalue weighted by Gasteiger charge is -2.28. The summed E-state index contributed by atoms with van der Waals surface area (Å²) in [7, 11) is 0. The second kappa shape index (κ2) is 4.33. The van der Waals surface area contributed by atoms with Gasteiger partial charge in [-0.25, -0.2) is 0 Å². The summed E-state index contributed by atoms with van der Waals surface area (Å²) in [6, 6.07) is 26.4. The van der Waals surface area contributed by atoms with Crippen molar-refractivity contribution in [3.8, 4) is 22.3 Å². The normalized spacial score (nSPS) is 14.6. The van der Waals surface area contributed by atoms with Crippen molar-refractivity contribution in [2.45, 2.75) is 19.3 Å². The van der Waals surface area contributed by atoms with Crippen molar-refractivity contribution in [1.82, 2.24) is 0 Å². The summed E-state index contributed by atoms with van der Waals surface area (Å²) in [5.41, 5.74) is 8.21. The van der Waals surface area contributed by atoms with Crippen molar-refractivity contribution in [2.24, 2.45) is 0 Å². The third-order valence-corrected chi connectivity index (χ3v) is 4.71. The van der Waals surface area contributed by atoms with E-state index in [2.05, 4.69) is 86.6 Å². The second-order valence-electron chi connectivity index (χ2n) is 6.26. The molecule has 102 valence electrons. The second-order valence-corrected chi connectivity index (χ2v) is 6.26. The van der Waals surface area contributed by atoms with Crippen molar-refractivity contribution >= 4 is 0 Å². The molecule has 0 heteroatoms. The molecule has 21 heavy (non-hydrogen) atoms. The summed E-state index contributed by atoms with van der Waals surface area (Å²) in [5.74, 6) is 0. The average molecular weight is 270 g/mol. The van der Waals surface area contributed by atoms with Gasteiger partial charge < -0.3 is 0 Å². The van der Waals surface area contributed by atoms with Gasteiger partial charge in [0.05, 0.1) is 0 Å². The van der Waals surface area contributed by atoms with E-state index >= 15 is 0 Å². The highest BCUT2D eigenvalue weighted by Crippen LogP contribution is 2.47. The lowest BCUT2D eigenvalue weighted by atomic mass is 9.75. The fourth-order valence-corrected chi connectivity index (χ4v) is 3.62. The Morgan fingerprint density at radius 3 is 1.24 bits per heavy atom. The summed E-state index contributed by atoms with van der Waals surface area (Å²) in [4.78, 5) is 0. The summed E-state index contributed by atoms with van der Waals surface area (Å²) in [6.07, 6.45) is 0. The summed E-state index contributed by atoms with van der Waals surface area (Å²) < 4.78 is 0. The molecule has 0 amide bonds. The molecule has 4 rings (SSSR count). The van der Waals surface area contributed by atoms with Gasteiger partial charge in [-0.3, -0.25) is 0 Å². The highest BCUT2D eigenvalue weighted by Gasteiger charge is 2.32. The van der Waals surface area contributed by atoms with Gasteiger partial charge in [0.15, 0.2) is 0 Å². The van der Waals surface area contributed by atoms with E-state index in [9.17, 15) is 0 Å². The van der Waals surface area contributed by atoms with Crippen LogP contribution in [0.3, 0.4) is 0 Å². The van der Waals surface area contributed by atoms with Crippen LogP contribution in [-0.2, 0) is 5.41 Å². The standard InChI is InChI=1S/C21H18/c1-21(2)19-13-7-5-11-17(19)15-9-3-4-10-16(15)18-12-6-8-14-20(18)21/h3-14H,1-2H3. The number of rotatable bonds is 0. The molecule has 0 atom stereocenters. The topological polar surface area (TPSA) is 0 Å². The minimum atomic E-state index is 0.00616. The number of fused-ring (bicyclic) bond motifs is 5. The van der Waals surface area contributed by atoms with Crippen LogP contribution in [0.4, 0.5) is 0 Å². The minimum absolute atomic E-state index is 0.00616. The van der Waals surface area contributed by atoms with E-state index in [0.29, 0.717) is 0 Å². The molecule has 0 nitrogen and oxygen atoms in total. The van der Waals surface area contributed by atoms with Crippen LogP contribution >= 0.6 is 0 Å². The van der Waals surface area contributed by atoms with E-state index in [0.717, 1.165) is 0 Å². The molecule has 0 saturated carbocycles. The van der Waals surface area contributed by atoms with E-state index in [1.807, 2.05) is 0 Å². The van der Waals surface area contributed by atoms with E-state index < -0.39 is 0 Å². The first-order chi connectivity index (χ1) is 10.2. The van der Waals surface area contributed by atoms with Crippen LogP contribution in [0.15, 0.2) is 72.8 Å². The zero-order valence-electron chi connectivity index (χ0n) is 12.4. The quantitative estimate of drug-likeness (QED) is 0.494. The van der Waals surface area contributed by atoms with Crippen LogP contribution in [0.2, 0.25) is 0 Å². The monoisotopic (exact) mass is 270 g/mol. The third-order valence-electron chi connectivity index (χ3n) is 4.71. The zero-order chi connectivity index (χ0) is 14.4. The van der Waals surface area contributed by atoms with Gasteiger partial charge in [-0.15, -0.1) is 0 Å². The Labute approximate surface area is 126 Å². The first kappa shape index (κ1) is 12.4. The molecule has 1 aliphatic rings. The van der Waals surface area contributed by atoms with Gasteiger partial charge >= 0.3 is 0 Å². The van der Waals surface area contributed by atoms with Crippen molar-refractivity contribution in [3.63, 3.8) is 0 Å². The lowest BCUT2D eigenvalue weighted by Crippen LogP contribution is -2.19. The fourth-order valence-electron chi connectivity index (χ4n) is 3.62. The summed E-state index contributed by atoms with van der Waals surface area (Å²) >= 11 is 0. The molecule has 3 aromatic carbocycles. The highest BCUT2D eigenvalue weighted by atomic mass is 14.3. The van der Waals surface area contributed by atoms with Gasteiger partial charge in [-0.2, -0.15) is 0 Å². The average Bonchev–Trinajstić information content (AvgIpc) is 2.62. The fraction of sp³-hybridized carbons (Fsp3) is 0.143. The molecule has 0 aliphatic heterocycles. The van der Waals surface area contributed by atoms with Gasteiger partial charge in [-0.05, 0) is 33.4 Å². The van der Waals surface area contributed by atoms with E-state index in [-0.39, 0.29) is 5.41 Å². The van der Waals surface area contributed by atoms with Crippen LogP contribution < -0.4 is 0 Å². The maximum atomic E-state index is 2.33. The Morgan fingerprint density at radius 1 is 0.476 bits per heavy atom. The molecule has 3 aromatic rings. The number of benzene rings is 3. The predicted octanol–water partition coefficient (Wildman–Crippen LogP) is 5.66. The molecule has 0 spiro atoms. The predicted molar refractivity (Wildman–Crippen MR) is 89.4 cm³/mol. The molecule has 0 unspecified atom stereocenters.